The molecule has 0 aliphatic heterocycles. The highest BCUT2D eigenvalue weighted by molar-refractivity contribution is 7.12. The van der Waals surface area contributed by atoms with E-state index in [1.165, 1.54) is 24.6 Å². The lowest BCUT2D eigenvalue weighted by molar-refractivity contribution is 0.0607. The van der Waals surface area contributed by atoms with E-state index in [-0.39, 0.29) is 5.76 Å². The number of ether oxygens (including phenoxy) is 1. The molecule has 0 spiro atoms. The molecule has 7 heteroatoms. The maximum Gasteiger partial charge on any atom is 0.350 e. The molecule has 0 atom stereocenters. The van der Waals surface area contributed by atoms with Gasteiger partial charge < -0.3 is 14.6 Å². The summed E-state index contributed by atoms with van der Waals surface area (Å²) < 4.78 is 9.44. The number of carbonyl (C=O) groups is 2. The normalized spacial score (nSPS) is 10.1. The first-order valence-corrected chi connectivity index (χ1v) is 5.90. The quantitative estimate of drug-likeness (QED) is 0.860. The Morgan fingerprint density at radius 2 is 2.28 bits per heavy atom. The van der Waals surface area contributed by atoms with E-state index in [2.05, 4.69) is 15.2 Å². The van der Waals surface area contributed by atoms with Crippen molar-refractivity contribution in [2.45, 2.75) is 6.92 Å². The second-order valence-corrected chi connectivity index (χ2v) is 4.36. The van der Waals surface area contributed by atoms with E-state index in [1.54, 1.807) is 18.4 Å². The van der Waals surface area contributed by atoms with Gasteiger partial charge in [-0.05, 0) is 18.4 Å². The number of aryl methyl sites for hydroxylation is 1. The van der Waals surface area contributed by atoms with Crippen molar-refractivity contribution >= 4 is 28.9 Å². The molecule has 1 amide bonds. The number of aromatic nitrogens is 1. The van der Waals surface area contributed by atoms with Crippen molar-refractivity contribution < 1.29 is 18.8 Å². The van der Waals surface area contributed by atoms with E-state index < -0.39 is 11.9 Å². The van der Waals surface area contributed by atoms with E-state index in [1.807, 2.05) is 0 Å². The van der Waals surface area contributed by atoms with Gasteiger partial charge in [-0.2, -0.15) is 0 Å². The molecular weight excluding hydrogens is 256 g/mol. The van der Waals surface area contributed by atoms with Gasteiger partial charge in [-0.3, -0.25) is 4.79 Å². The van der Waals surface area contributed by atoms with Crippen molar-refractivity contribution in [3.63, 3.8) is 0 Å². The molecular formula is C11H10N2O4S. The van der Waals surface area contributed by atoms with Crippen molar-refractivity contribution in [3.8, 4) is 0 Å². The fourth-order valence-corrected chi connectivity index (χ4v) is 2.11. The van der Waals surface area contributed by atoms with Crippen LogP contribution in [0.2, 0.25) is 0 Å². The molecule has 0 radical (unpaired) electrons. The Hall–Kier alpha value is -2.15. The zero-order chi connectivity index (χ0) is 13.1. The maximum absolute atomic E-state index is 11.9. The molecule has 1 N–H and O–H groups in total. The lowest BCUT2D eigenvalue weighted by Gasteiger charge is -2.03. The van der Waals surface area contributed by atoms with E-state index in [0.29, 0.717) is 16.1 Å². The lowest BCUT2D eigenvalue weighted by Crippen LogP contribution is -2.14. The van der Waals surface area contributed by atoms with Crippen LogP contribution in [0.4, 0.5) is 5.69 Å². The fraction of sp³-hybridized carbons (Fsp3) is 0.182. The van der Waals surface area contributed by atoms with Crippen molar-refractivity contribution in [2.75, 3.05) is 12.4 Å². The first-order chi connectivity index (χ1) is 8.63. The smallest absolute Gasteiger partial charge is 0.350 e. The second-order valence-electron chi connectivity index (χ2n) is 3.45. The summed E-state index contributed by atoms with van der Waals surface area (Å²) in [4.78, 5) is 23.6. The summed E-state index contributed by atoms with van der Waals surface area (Å²) >= 11 is 1.19. The van der Waals surface area contributed by atoms with Gasteiger partial charge in [0.1, 0.15) is 4.88 Å². The molecule has 18 heavy (non-hydrogen) atoms. The molecule has 0 fully saturated rings. The average Bonchev–Trinajstić information content (AvgIpc) is 2.97. The van der Waals surface area contributed by atoms with Crippen LogP contribution in [0, 0.1) is 6.92 Å². The van der Waals surface area contributed by atoms with Crippen molar-refractivity contribution in [3.05, 3.63) is 33.8 Å². The molecule has 2 aromatic heterocycles. The summed E-state index contributed by atoms with van der Waals surface area (Å²) in [5.74, 6) is -0.819. The topological polar surface area (TPSA) is 81.4 Å². The van der Waals surface area contributed by atoms with E-state index in [9.17, 15) is 9.59 Å². The van der Waals surface area contributed by atoms with Crippen LogP contribution in [0.15, 0.2) is 22.2 Å². The molecule has 0 aliphatic rings. The minimum Gasteiger partial charge on any atom is -0.465 e. The lowest BCUT2D eigenvalue weighted by atomic mass is 10.2. The Morgan fingerprint density at radius 3 is 2.89 bits per heavy atom. The van der Waals surface area contributed by atoms with Crippen LogP contribution in [0.1, 0.15) is 25.8 Å². The van der Waals surface area contributed by atoms with Gasteiger partial charge in [-0.15, -0.1) is 11.3 Å². The molecule has 2 aromatic rings. The number of rotatable bonds is 3. The summed E-state index contributed by atoms with van der Waals surface area (Å²) in [5.41, 5.74) is 1.02. The molecule has 0 saturated carbocycles. The van der Waals surface area contributed by atoms with Crippen LogP contribution in [-0.2, 0) is 4.74 Å². The fourth-order valence-electron chi connectivity index (χ4n) is 1.35. The summed E-state index contributed by atoms with van der Waals surface area (Å²) in [6, 6.07) is 1.63. The van der Waals surface area contributed by atoms with Crippen LogP contribution in [0.25, 0.3) is 0 Å². The van der Waals surface area contributed by atoms with Gasteiger partial charge in [0.25, 0.3) is 5.91 Å². The summed E-state index contributed by atoms with van der Waals surface area (Å²) in [6.45, 7) is 1.71. The highest BCUT2D eigenvalue weighted by atomic mass is 32.1. The third kappa shape index (κ3) is 2.25. The predicted octanol–water partition coefficient (Wildman–Crippen LogP) is 2.08. The highest BCUT2D eigenvalue weighted by Crippen LogP contribution is 2.24. The Labute approximate surface area is 107 Å². The Balaban J connectivity index is 2.20. The maximum atomic E-state index is 11.9. The minimum atomic E-state index is -0.491. The number of esters is 1. The Morgan fingerprint density at radius 1 is 1.50 bits per heavy atom. The zero-order valence-corrected chi connectivity index (χ0v) is 10.5. The largest absolute Gasteiger partial charge is 0.465 e. The first-order valence-electron chi connectivity index (χ1n) is 5.02. The molecule has 2 rings (SSSR count). The van der Waals surface area contributed by atoms with Gasteiger partial charge in [0, 0.05) is 5.56 Å². The molecule has 0 unspecified atom stereocenters. The molecule has 0 saturated heterocycles. The number of hydrogen-bond donors (Lipinski definition) is 1. The monoisotopic (exact) mass is 266 g/mol. The number of hydrogen-bond acceptors (Lipinski definition) is 6. The molecule has 6 nitrogen and oxygen atoms in total. The Bertz CT molecular complexity index is 587. The summed E-state index contributed by atoms with van der Waals surface area (Å²) in [7, 11) is 1.29. The first kappa shape index (κ1) is 12.3. The van der Waals surface area contributed by atoms with Gasteiger partial charge in [0.15, 0.2) is 0 Å². The third-order valence-electron chi connectivity index (χ3n) is 2.24. The molecule has 0 bridgehead atoms. The van der Waals surface area contributed by atoms with Gasteiger partial charge in [0.05, 0.1) is 19.0 Å². The number of anilines is 1. The van der Waals surface area contributed by atoms with Crippen LogP contribution in [-0.4, -0.2) is 24.1 Å². The van der Waals surface area contributed by atoms with Gasteiger partial charge in [-0.25, -0.2) is 4.79 Å². The van der Waals surface area contributed by atoms with Gasteiger partial charge in [0.2, 0.25) is 5.76 Å². The number of carbonyl (C=O) groups excluding carboxylic acids is 2. The van der Waals surface area contributed by atoms with Crippen molar-refractivity contribution in [1.82, 2.24) is 5.16 Å². The molecule has 0 aliphatic carbocycles. The van der Waals surface area contributed by atoms with Crippen molar-refractivity contribution in [2.24, 2.45) is 0 Å². The number of thiophene rings is 1. The summed E-state index contributed by atoms with van der Waals surface area (Å²) in [5, 5.41) is 7.80. The molecule has 94 valence electrons. The predicted molar refractivity (Wildman–Crippen MR) is 64.9 cm³/mol. The zero-order valence-electron chi connectivity index (χ0n) is 9.72. The van der Waals surface area contributed by atoms with Crippen LogP contribution in [0.5, 0.6) is 0 Å². The van der Waals surface area contributed by atoms with E-state index in [0.717, 1.165) is 0 Å². The highest BCUT2D eigenvalue weighted by Gasteiger charge is 2.19. The van der Waals surface area contributed by atoms with Gasteiger partial charge in [-0.1, -0.05) is 5.16 Å². The number of nitrogens with one attached hydrogen (secondary N) is 1. The van der Waals surface area contributed by atoms with E-state index in [4.69, 9.17) is 4.52 Å². The van der Waals surface area contributed by atoms with Crippen LogP contribution in [0.3, 0.4) is 0 Å². The summed E-state index contributed by atoms with van der Waals surface area (Å²) in [6.07, 6.45) is 1.45. The van der Waals surface area contributed by atoms with Crippen LogP contribution >= 0.6 is 11.3 Å². The van der Waals surface area contributed by atoms with Crippen LogP contribution < -0.4 is 5.32 Å². The number of methoxy groups -OCH3 is 1. The molecule has 2 heterocycles. The van der Waals surface area contributed by atoms with E-state index >= 15 is 0 Å². The number of nitrogens with zero attached hydrogens (tertiary/aromatic N) is 1. The number of amides is 1. The van der Waals surface area contributed by atoms with Crippen molar-refractivity contribution in [1.29, 1.82) is 0 Å². The SMILES string of the molecule is COC(=O)c1sccc1NC(=O)c1oncc1C. The minimum absolute atomic E-state index is 0.122. The van der Waals surface area contributed by atoms with Gasteiger partial charge >= 0.3 is 5.97 Å². The Kier molecular flexibility index (Phi) is 3.42. The second kappa shape index (κ2) is 5.01. The standard InChI is InChI=1S/C11H10N2O4S/c1-6-5-12-17-8(6)10(14)13-7-3-4-18-9(7)11(15)16-2/h3-5H,1-2H3,(H,13,14). The molecule has 0 aromatic carbocycles. The average molecular weight is 266 g/mol. The third-order valence-corrected chi connectivity index (χ3v) is 3.13.